The van der Waals surface area contributed by atoms with Gasteiger partial charge in [-0.2, -0.15) is 0 Å². The molecule has 0 aliphatic heterocycles. The van der Waals surface area contributed by atoms with E-state index in [1.54, 1.807) is 0 Å². The molecular weight excluding hydrogens is 168 g/mol. The Labute approximate surface area is 85.7 Å². The van der Waals surface area contributed by atoms with Crippen LogP contribution in [0.3, 0.4) is 0 Å². The van der Waals surface area contributed by atoms with Gasteiger partial charge < -0.3 is 0 Å². The summed E-state index contributed by atoms with van der Waals surface area (Å²) in [4.78, 5) is 0. The van der Waals surface area contributed by atoms with Gasteiger partial charge in [0.05, 0.1) is 0 Å². The van der Waals surface area contributed by atoms with E-state index in [-0.39, 0.29) is 0 Å². The molecule has 0 N–H and O–H groups in total. The van der Waals surface area contributed by atoms with Gasteiger partial charge in [0.1, 0.15) is 0 Å². The van der Waals surface area contributed by atoms with Crippen molar-refractivity contribution < 1.29 is 0 Å². The lowest BCUT2D eigenvalue weighted by Gasteiger charge is -2.07. The average molecular weight is 182 g/mol. The highest BCUT2D eigenvalue weighted by Crippen LogP contribution is 2.21. The van der Waals surface area contributed by atoms with Gasteiger partial charge in [-0.1, -0.05) is 36.4 Å². The fraction of sp³-hybridized carbons (Fsp3) is 0.286. The van der Waals surface area contributed by atoms with Gasteiger partial charge in [0.2, 0.25) is 0 Å². The Morgan fingerprint density at radius 1 is 0.929 bits per heavy atom. The van der Waals surface area contributed by atoms with E-state index in [9.17, 15) is 0 Å². The third-order valence-electron chi connectivity index (χ3n) is 2.45. The monoisotopic (exact) mass is 182 g/mol. The second kappa shape index (κ2) is 4.67. The molecule has 0 bridgehead atoms. The zero-order chi connectivity index (χ0) is 9.64. The van der Waals surface area contributed by atoms with E-state index < -0.39 is 0 Å². The first-order chi connectivity index (χ1) is 6.97. The lowest BCUT2D eigenvalue weighted by molar-refractivity contribution is 1.02. The second-order valence-electron chi connectivity index (χ2n) is 3.49. The summed E-state index contributed by atoms with van der Waals surface area (Å²) in [6.45, 7) is 0. The first-order valence-corrected chi connectivity index (χ1v) is 5.17. The third-order valence-corrected chi connectivity index (χ3v) is 2.45. The summed E-state index contributed by atoms with van der Waals surface area (Å²) in [6.07, 6.45) is 6.54. The van der Waals surface area contributed by atoms with Gasteiger partial charge in [0.15, 0.2) is 0 Å². The smallest absolute Gasteiger partial charge is 0.0129 e. The summed E-state index contributed by atoms with van der Waals surface area (Å²) in [5.41, 5.74) is 2.82. The standard InChI is InChI=1S/C14H14/c1-2-5-9-13(10-6-3-1)14-11-7-4-8-12-14/h4,7-9,11-12H,2,5-6,10H2. The zero-order valence-corrected chi connectivity index (χ0v) is 8.29. The summed E-state index contributed by atoms with van der Waals surface area (Å²) in [6, 6.07) is 10.6. The number of hydrogen-bond acceptors (Lipinski definition) is 0. The maximum absolute atomic E-state index is 3.20. The predicted molar refractivity (Wildman–Crippen MR) is 60.7 cm³/mol. The SMILES string of the molecule is C1#CCCC(c2ccccc2)=CCC1. The summed E-state index contributed by atoms with van der Waals surface area (Å²) < 4.78 is 0. The van der Waals surface area contributed by atoms with Crippen LogP contribution in [0.5, 0.6) is 0 Å². The van der Waals surface area contributed by atoms with Gasteiger partial charge in [-0.05, 0) is 24.0 Å². The zero-order valence-electron chi connectivity index (χ0n) is 8.29. The van der Waals surface area contributed by atoms with Crippen molar-refractivity contribution in [3.8, 4) is 11.8 Å². The van der Waals surface area contributed by atoms with Crippen LogP contribution in [-0.2, 0) is 0 Å². The fourth-order valence-corrected chi connectivity index (χ4v) is 1.71. The maximum atomic E-state index is 3.20. The highest BCUT2D eigenvalue weighted by atomic mass is 14.0. The number of allylic oxidation sites excluding steroid dienone is 2. The topological polar surface area (TPSA) is 0 Å². The molecule has 0 saturated heterocycles. The van der Waals surface area contributed by atoms with Crippen molar-refractivity contribution in [3.05, 3.63) is 42.0 Å². The van der Waals surface area contributed by atoms with Gasteiger partial charge in [0.25, 0.3) is 0 Å². The van der Waals surface area contributed by atoms with Crippen LogP contribution in [-0.4, -0.2) is 0 Å². The summed E-state index contributed by atoms with van der Waals surface area (Å²) in [5, 5.41) is 0. The number of rotatable bonds is 1. The molecule has 0 unspecified atom stereocenters. The molecule has 0 saturated carbocycles. The molecule has 0 atom stereocenters. The van der Waals surface area contributed by atoms with Gasteiger partial charge in [-0.3, -0.25) is 0 Å². The van der Waals surface area contributed by atoms with Crippen LogP contribution in [0.2, 0.25) is 0 Å². The van der Waals surface area contributed by atoms with Crippen molar-refractivity contribution in [1.82, 2.24) is 0 Å². The molecule has 0 heteroatoms. The van der Waals surface area contributed by atoms with Crippen molar-refractivity contribution in [2.45, 2.75) is 25.7 Å². The van der Waals surface area contributed by atoms with Crippen LogP contribution < -0.4 is 0 Å². The van der Waals surface area contributed by atoms with Crippen molar-refractivity contribution in [2.24, 2.45) is 0 Å². The average Bonchev–Trinajstić information content (AvgIpc) is 2.18. The first kappa shape index (κ1) is 9.09. The van der Waals surface area contributed by atoms with Crippen LogP contribution in [0.15, 0.2) is 36.4 Å². The summed E-state index contributed by atoms with van der Waals surface area (Å²) in [5.74, 6) is 6.36. The molecule has 0 heterocycles. The molecule has 0 radical (unpaired) electrons. The maximum Gasteiger partial charge on any atom is 0.0129 e. The Hall–Kier alpha value is -1.48. The van der Waals surface area contributed by atoms with E-state index in [1.165, 1.54) is 11.1 Å². The molecule has 2 rings (SSSR count). The van der Waals surface area contributed by atoms with Crippen LogP contribution in [0.25, 0.3) is 5.57 Å². The summed E-state index contributed by atoms with van der Waals surface area (Å²) in [7, 11) is 0. The molecule has 1 aliphatic carbocycles. The van der Waals surface area contributed by atoms with Crippen molar-refractivity contribution in [1.29, 1.82) is 0 Å². The third kappa shape index (κ3) is 2.26. The Morgan fingerprint density at radius 3 is 2.57 bits per heavy atom. The van der Waals surface area contributed by atoms with E-state index in [2.05, 4.69) is 48.2 Å². The van der Waals surface area contributed by atoms with E-state index >= 15 is 0 Å². The first-order valence-electron chi connectivity index (χ1n) is 5.17. The number of benzene rings is 1. The molecule has 1 aliphatic rings. The number of hydrogen-bond donors (Lipinski definition) is 0. The van der Waals surface area contributed by atoms with E-state index in [1.807, 2.05) is 0 Å². The molecule has 0 nitrogen and oxygen atoms in total. The lowest BCUT2D eigenvalue weighted by atomic mass is 9.98. The molecule has 1 aromatic rings. The molecule has 14 heavy (non-hydrogen) atoms. The minimum absolute atomic E-state index is 1.00. The van der Waals surface area contributed by atoms with Crippen LogP contribution in [0.4, 0.5) is 0 Å². The molecular formula is C14H14. The highest BCUT2D eigenvalue weighted by Gasteiger charge is 2.00. The normalized spacial score (nSPS) is 15.9. The van der Waals surface area contributed by atoms with Crippen molar-refractivity contribution >= 4 is 5.57 Å². The van der Waals surface area contributed by atoms with Gasteiger partial charge >= 0.3 is 0 Å². The fourth-order valence-electron chi connectivity index (χ4n) is 1.71. The van der Waals surface area contributed by atoms with Crippen LogP contribution in [0, 0.1) is 11.8 Å². The minimum atomic E-state index is 1.00. The Morgan fingerprint density at radius 2 is 1.71 bits per heavy atom. The Bertz CT molecular complexity index is 373. The van der Waals surface area contributed by atoms with Gasteiger partial charge in [0, 0.05) is 12.8 Å². The molecule has 1 aromatic carbocycles. The van der Waals surface area contributed by atoms with E-state index in [4.69, 9.17) is 0 Å². The minimum Gasteiger partial charge on any atom is -0.103 e. The summed E-state index contributed by atoms with van der Waals surface area (Å²) >= 11 is 0. The lowest BCUT2D eigenvalue weighted by Crippen LogP contribution is -1.86. The van der Waals surface area contributed by atoms with Crippen molar-refractivity contribution in [2.75, 3.05) is 0 Å². The van der Waals surface area contributed by atoms with E-state index in [0.29, 0.717) is 0 Å². The molecule has 0 fully saturated rings. The van der Waals surface area contributed by atoms with Gasteiger partial charge in [-0.15, -0.1) is 11.8 Å². The molecule has 70 valence electrons. The van der Waals surface area contributed by atoms with E-state index in [0.717, 1.165) is 25.7 Å². The largest absolute Gasteiger partial charge is 0.103 e. The second-order valence-corrected chi connectivity index (χ2v) is 3.49. The van der Waals surface area contributed by atoms with Gasteiger partial charge in [-0.25, -0.2) is 0 Å². The molecule has 0 amide bonds. The van der Waals surface area contributed by atoms with Crippen molar-refractivity contribution in [3.63, 3.8) is 0 Å². The quantitative estimate of drug-likeness (QED) is 0.581. The predicted octanol–water partition coefficient (Wildman–Crippen LogP) is 3.65. The Balaban J connectivity index is 2.19. The van der Waals surface area contributed by atoms with Crippen LogP contribution in [0.1, 0.15) is 31.2 Å². The molecule has 0 aromatic heterocycles. The Kier molecular flexibility index (Phi) is 3.03. The molecule has 0 spiro atoms. The van der Waals surface area contributed by atoms with Crippen LogP contribution >= 0.6 is 0 Å². The highest BCUT2D eigenvalue weighted by molar-refractivity contribution is 5.65.